The summed E-state index contributed by atoms with van der Waals surface area (Å²) in [5, 5.41) is 5.50. The molecule has 0 bridgehead atoms. The van der Waals surface area contributed by atoms with Crippen LogP contribution in [0.3, 0.4) is 0 Å². The van der Waals surface area contributed by atoms with Crippen LogP contribution in [0.1, 0.15) is 30.9 Å². The van der Waals surface area contributed by atoms with E-state index in [0.29, 0.717) is 17.2 Å². The molecule has 0 saturated heterocycles. The average molecular weight is 368 g/mol. The van der Waals surface area contributed by atoms with Crippen LogP contribution in [0.2, 0.25) is 0 Å². The number of nitrogens with one attached hydrogen (secondary N) is 2. The van der Waals surface area contributed by atoms with Gasteiger partial charge in [-0.3, -0.25) is 9.59 Å². The van der Waals surface area contributed by atoms with Crippen molar-refractivity contribution < 1.29 is 19.1 Å². The molecule has 0 saturated carbocycles. The lowest BCUT2D eigenvalue weighted by Gasteiger charge is -2.21. The Bertz CT molecular complexity index is 831. The Labute approximate surface area is 158 Å². The number of rotatable bonds is 6. The fourth-order valence-electron chi connectivity index (χ4n) is 3.07. The number of amides is 2. The average Bonchev–Trinajstić information content (AvgIpc) is 3.09. The van der Waals surface area contributed by atoms with Gasteiger partial charge in [-0.05, 0) is 30.5 Å². The number of hydrogen-bond acceptors (Lipinski definition) is 4. The molecule has 6 heteroatoms. The molecule has 3 rings (SSSR count). The van der Waals surface area contributed by atoms with Gasteiger partial charge in [0.05, 0.1) is 12.5 Å². The molecule has 1 aliphatic heterocycles. The Hall–Kier alpha value is -3.02. The van der Waals surface area contributed by atoms with Gasteiger partial charge in [0, 0.05) is 11.8 Å². The van der Waals surface area contributed by atoms with Crippen LogP contribution in [0.25, 0.3) is 0 Å². The monoisotopic (exact) mass is 368 g/mol. The second kappa shape index (κ2) is 8.12. The Morgan fingerprint density at radius 2 is 1.74 bits per heavy atom. The maximum atomic E-state index is 12.7. The molecule has 1 heterocycles. The Kier molecular flexibility index (Phi) is 5.64. The molecule has 27 heavy (non-hydrogen) atoms. The molecule has 6 nitrogen and oxygen atoms in total. The van der Waals surface area contributed by atoms with Gasteiger partial charge < -0.3 is 20.1 Å². The molecule has 1 atom stereocenters. The van der Waals surface area contributed by atoms with Crippen molar-refractivity contribution >= 4 is 17.5 Å². The molecular formula is C21H24N2O4. The van der Waals surface area contributed by atoms with Crippen molar-refractivity contribution in [3.8, 4) is 11.5 Å². The molecule has 0 aromatic heterocycles. The summed E-state index contributed by atoms with van der Waals surface area (Å²) in [5.74, 6) is 0.604. The van der Waals surface area contributed by atoms with Gasteiger partial charge in [-0.15, -0.1) is 0 Å². The topological polar surface area (TPSA) is 76.7 Å². The van der Waals surface area contributed by atoms with E-state index in [9.17, 15) is 9.59 Å². The van der Waals surface area contributed by atoms with Gasteiger partial charge in [0.1, 0.15) is 0 Å². The minimum atomic E-state index is -0.302. The Balaban J connectivity index is 1.58. The third kappa shape index (κ3) is 4.58. The lowest BCUT2D eigenvalue weighted by molar-refractivity contribution is -0.126. The largest absolute Gasteiger partial charge is 0.454 e. The first-order chi connectivity index (χ1) is 12.9. The molecule has 2 amide bonds. The quantitative estimate of drug-likeness (QED) is 0.821. The van der Waals surface area contributed by atoms with Crippen LogP contribution in [-0.2, 0) is 9.59 Å². The molecule has 0 fully saturated rings. The van der Waals surface area contributed by atoms with Gasteiger partial charge in [0.15, 0.2) is 11.5 Å². The molecule has 1 aliphatic rings. The second-order valence-corrected chi connectivity index (χ2v) is 6.97. The number of anilines is 1. The van der Waals surface area contributed by atoms with Gasteiger partial charge in [-0.25, -0.2) is 0 Å². The number of aryl methyl sites for hydroxylation is 1. The summed E-state index contributed by atoms with van der Waals surface area (Å²) in [6.45, 7) is 6.09. The van der Waals surface area contributed by atoms with Crippen molar-refractivity contribution in [1.29, 1.82) is 0 Å². The summed E-state index contributed by atoms with van der Waals surface area (Å²) in [5.41, 5.74) is 2.69. The number of ether oxygens (including phenoxy) is 2. The maximum Gasteiger partial charge on any atom is 0.243 e. The predicted octanol–water partition coefficient (Wildman–Crippen LogP) is 3.22. The third-order valence-electron chi connectivity index (χ3n) is 4.47. The molecule has 2 aromatic carbocycles. The zero-order valence-corrected chi connectivity index (χ0v) is 15.7. The minimum absolute atomic E-state index is 0.0949. The molecular weight excluding hydrogens is 344 g/mol. The van der Waals surface area contributed by atoms with Crippen LogP contribution in [0.15, 0.2) is 42.5 Å². The standard InChI is InChI=1S/C21H24N2O4/c1-13(2)20(15-6-4-14(3)5-7-15)21(25)22-11-19(24)23-16-8-9-17-18(10-16)27-12-26-17/h4-10,13,20H,11-12H2,1-3H3,(H,22,25)(H,23,24). The lowest BCUT2D eigenvalue weighted by Crippen LogP contribution is -2.37. The highest BCUT2D eigenvalue weighted by molar-refractivity contribution is 5.95. The van der Waals surface area contributed by atoms with Gasteiger partial charge in [0.25, 0.3) is 0 Å². The highest BCUT2D eigenvalue weighted by Crippen LogP contribution is 2.34. The predicted molar refractivity (Wildman–Crippen MR) is 103 cm³/mol. The van der Waals surface area contributed by atoms with Crippen LogP contribution in [0, 0.1) is 12.8 Å². The molecule has 2 aromatic rings. The zero-order valence-electron chi connectivity index (χ0n) is 15.7. The number of benzene rings is 2. The summed E-state index contributed by atoms with van der Waals surface area (Å²) < 4.78 is 10.5. The number of hydrogen-bond donors (Lipinski definition) is 2. The van der Waals surface area contributed by atoms with Crippen LogP contribution in [0.5, 0.6) is 11.5 Å². The van der Waals surface area contributed by atoms with E-state index < -0.39 is 0 Å². The first-order valence-corrected chi connectivity index (χ1v) is 8.98. The Morgan fingerprint density at radius 1 is 1.04 bits per heavy atom. The van der Waals surface area contributed by atoms with Crippen molar-refractivity contribution in [3.05, 3.63) is 53.6 Å². The summed E-state index contributed by atoms with van der Waals surface area (Å²) >= 11 is 0. The van der Waals surface area contributed by atoms with E-state index in [1.165, 1.54) is 0 Å². The van der Waals surface area contributed by atoms with E-state index in [1.807, 2.05) is 45.0 Å². The van der Waals surface area contributed by atoms with E-state index in [-0.39, 0.29) is 37.0 Å². The van der Waals surface area contributed by atoms with Crippen LogP contribution >= 0.6 is 0 Å². The number of carbonyl (C=O) groups excluding carboxylic acids is 2. The van der Waals surface area contributed by atoms with Gasteiger partial charge in [0.2, 0.25) is 18.6 Å². The summed E-state index contributed by atoms with van der Waals surface area (Å²) in [7, 11) is 0. The number of carbonyl (C=O) groups is 2. The first kappa shape index (κ1) is 18.8. The fourth-order valence-corrected chi connectivity index (χ4v) is 3.07. The highest BCUT2D eigenvalue weighted by Gasteiger charge is 2.24. The van der Waals surface area contributed by atoms with E-state index in [0.717, 1.165) is 11.1 Å². The van der Waals surface area contributed by atoms with E-state index in [2.05, 4.69) is 10.6 Å². The molecule has 0 aliphatic carbocycles. The smallest absolute Gasteiger partial charge is 0.243 e. The molecule has 0 radical (unpaired) electrons. The normalized spacial score (nSPS) is 13.3. The second-order valence-electron chi connectivity index (χ2n) is 6.97. The SMILES string of the molecule is Cc1ccc(C(C(=O)NCC(=O)Nc2ccc3c(c2)OCO3)C(C)C)cc1. The van der Waals surface area contributed by atoms with Gasteiger partial charge in [-0.1, -0.05) is 43.7 Å². The van der Waals surface area contributed by atoms with Crippen LogP contribution in [0.4, 0.5) is 5.69 Å². The van der Waals surface area contributed by atoms with Crippen molar-refractivity contribution in [2.24, 2.45) is 5.92 Å². The van der Waals surface area contributed by atoms with Crippen molar-refractivity contribution in [2.45, 2.75) is 26.7 Å². The van der Waals surface area contributed by atoms with Crippen molar-refractivity contribution in [3.63, 3.8) is 0 Å². The Morgan fingerprint density at radius 3 is 2.44 bits per heavy atom. The van der Waals surface area contributed by atoms with E-state index >= 15 is 0 Å². The van der Waals surface area contributed by atoms with Gasteiger partial charge >= 0.3 is 0 Å². The maximum absolute atomic E-state index is 12.7. The van der Waals surface area contributed by atoms with Crippen molar-refractivity contribution in [2.75, 3.05) is 18.7 Å². The third-order valence-corrected chi connectivity index (χ3v) is 4.47. The minimum Gasteiger partial charge on any atom is -0.454 e. The number of fused-ring (bicyclic) bond motifs is 1. The summed E-state index contributed by atoms with van der Waals surface area (Å²) in [4.78, 5) is 24.8. The zero-order chi connectivity index (χ0) is 19.4. The molecule has 142 valence electrons. The summed E-state index contributed by atoms with van der Waals surface area (Å²) in [6, 6.07) is 13.1. The molecule has 0 spiro atoms. The molecule has 2 N–H and O–H groups in total. The molecule has 1 unspecified atom stereocenters. The van der Waals surface area contributed by atoms with Gasteiger partial charge in [-0.2, -0.15) is 0 Å². The van der Waals surface area contributed by atoms with Crippen molar-refractivity contribution in [1.82, 2.24) is 5.32 Å². The highest BCUT2D eigenvalue weighted by atomic mass is 16.7. The van der Waals surface area contributed by atoms with Crippen LogP contribution in [-0.4, -0.2) is 25.2 Å². The fraction of sp³-hybridized carbons (Fsp3) is 0.333. The lowest BCUT2D eigenvalue weighted by atomic mass is 9.87. The van der Waals surface area contributed by atoms with Crippen LogP contribution < -0.4 is 20.1 Å². The summed E-state index contributed by atoms with van der Waals surface area (Å²) in [6.07, 6.45) is 0. The first-order valence-electron chi connectivity index (χ1n) is 8.98. The van der Waals surface area contributed by atoms with E-state index in [4.69, 9.17) is 9.47 Å². The van der Waals surface area contributed by atoms with E-state index in [1.54, 1.807) is 18.2 Å².